The van der Waals surface area contributed by atoms with Crippen molar-refractivity contribution in [2.45, 2.75) is 32.6 Å². The topological polar surface area (TPSA) is 49.4 Å². The molecule has 1 unspecified atom stereocenters. The number of carbonyl (C=O) groups excluding carboxylic acids is 2. The summed E-state index contributed by atoms with van der Waals surface area (Å²) in [4.78, 5) is 26.5. The summed E-state index contributed by atoms with van der Waals surface area (Å²) in [6.07, 6.45) is 1.38. The molecule has 2 aromatic rings. The lowest BCUT2D eigenvalue weighted by Gasteiger charge is -2.17. The number of likely N-dealkylation sites (tertiary alicyclic amines) is 1. The number of nitrogens with zero attached hydrogens (tertiary/aromatic N) is 1. The lowest BCUT2D eigenvalue weighted by molar-refractivity contribution is -0.127. The van der Waals surface area contributed by atoms with Crippen molar-refractivity contribution in [3.8, 4) is 0 Å². The summed E-state index contributed by atoms with van der Waals surface area (Å²) in [7, 11) is 0. The number of nitrogens with one attached hydrogen (secondary N) is 1. The minimum atomic E-state index is -0.0690. The Morgan fingerprint density at radius 3 is 2.48 bits per heavy atom. The highest BCUT2D eigenvalue weighted by molar-refractivity contribution is 5.94. The third-order valence-corrected chi connectivity index (χ3v) is 5.20. The largest absolute Gasteiger partial charge is 0.352 e. The van der Waals surface area contributed by atoms with E-state index in [1.165, 1.54) is 11.1 Å². The van der Waals surface area contributed by atoms with Crippen molar-refractivity contribution in [1.29, 1.82) is 0 Å². The van der Waals surface area contributed by atoms with Crippen LogP contribution in [0.3, 0.4) is 0 Å². The van der Waals surface area contributed by atoms with Gasteiger partial charge in [-0.2, -0.15) is 0 Å². The Hall–Kier alpha value is -2.62. The van der Waals surface area contributed by atoms with Crippen molar-refractivity contribution < 1.29 is 9.59 Å². The van der Waals surface area contributed by atoms with E-state index in [9.17, 15) is 9.59 Å². The average molecular weight is 364 g/mol. The molecule has 1 aliphatic rings. The maximum Gasteiger partial charge on any atom is 0.251 e. The molecule has 0 saturated carbocycles. The fraction of sp³-hybridized carbons (Fsp3) is 0.391. The molecule has 2 amide bonds. The lowest BCUT2D eigenvalue weighted by Crippen LogP contribution is -2.32. The highest BCUT2D eigenvalue weighted by Crippen LogP contribution is 2.18. The van der Waals surface area contributed by atoms with Crippen LogP contribution in [0.25, 0.3) is 0 Å². The van der Waals surface area contributed by atoms with Gasteiger partial charge in [0.15, 0.2) is 0 Å². The second kappa shape index (κ2) is 8.85. The summed E-state index contributed by atoms with van der Waals surface area (Å²) in [6, 6.07) is 18.0. The smallest absolute Gasteiger partial charge is 0.251 e. The Balaban J connectivity index is 1.46. The van der Waals surface area contributed by atoms with Crippen LogP contribution in [0.5, 0.6) is 0 Å². The molecule has 142 valence electrons. The normalized spacial score (nSPS) is 16.8. The molecule has 1 N–H and O–H groups in total. The van der Waals surface area contributed by atoms with Gasteiger partial charge in [-0.15, -0.1) is 0 Å². The summed E-state index contributed by atoms with van der Waals surface area (Å²) in [5.41, 5.74) is 3.14. The predicted molar refractivity (Wildman–Crippen MR) is 108 cm³/mol. The van der Waals surface area contributed by atoms with E-state index < -0.39 is 0 Å². The first kappa shape index (κ1) is 19.2. The van der Waals surface area contributed by atoms with Gasteiger partial charge in [0.25, 0.3) is 5.91 Å². The molecule has 1 aliphatic heterocycles. The van der Waals surface area contributed by atoms with E-state index in [2.05, 4.69) is 31.3 Å². The van der Waals surface area contributed by atoms with Gasteiger partial charge >= 0.3 is 0 Å². The van der Waals surface area contributed by atoms with Gasteiger partial charge in [0.1, 0.15) is 0 Å². The number of carbonyl (C=O) groups is 2. The van der Waals surface area contributed by atoms with Crippen LogP contribution < -0.4 is 5.32 Å². The van der Waals surface area contributed by atoms with Crippen LogP contribution in [0.2, 0.25) is 0 Å². The van der Waals surface area contributed by atoms with E-state index in [4.69, 9.17) is 0 Å². The van der Waals surface area contributed by atoms with Gasteiger partial charge < -0.3 is 10.2 Å². The molecule has 0 aromatic heterocycles. The molecule has 27 heavy (non-hydrogen) atoms. The number of benzene rings is 2. The molecule has 0 aliphatic carbocycles. The quantitative estimate of drug-likeness (QED) is 0.816. The molecule has 3 rings (SSSR count). The van der Waals surface area contributed by atoms with E-state index in [1.54, 1.807) is 0 Å². The van der Waals surface area contributed by atoms with Gasteiger partial charge in [0.05, 0.1) is 0 Å². The molecular formula is C23H28N2O2. The van der Waals surface area contributed by atoms with Crippen molar-refractivity contribution in [2.75, 3.05) is 19.6 Å². The zero-order chi connectivity index (χ0) is 19.2. The first-order valence-corrected chi connectivity index (χ1v) is 9.73. The van der Waals surface area contributed by atoms with Crippen LogP contribution in [-0.2, 0) is 11.2 Å². The zero-order valence-electron chi connectivity index (χ0n) is 16.2. The van der Waals surface area contributed by atoms with E-state index in [1.807, 2.05) is 47.4 Å². The molecule has 0 radical (unpaired) electrons. The van der Waals surface area contributed by atoms with Gasteiger partial charge in [-0.3, -0.25) is 9.59 Å². The molecule has 1 saturated heterocycles. The van der Waals surface area contributed by atoms with Crippen LogP contribution in [0.1, 0.15) is 47.7 Å². The molecule has 1 heterocycles. The fourth-order valence-corrected chi connectivity index (χ4v) is 3.47. The predicted octanol–water partition coefficient (Wildman–Crippen LogP) is 3.63. The summed E-state index contributed by atoms with van der Waals surface area (Å²) >= 11 is 0. The second-order valence-corrected chi connectivity index (χ2v) is 7.63. The first-order valence-electron chi connectivity index (χ1n) is 9.73. The van der Waals surface area contributed by atoms with Crippen LogP contribution in [-0.4, -0.2) is 36.3 Å². The first-order chi connectivity index (χ1) is 13.0. The third-order valence-electron chi connectivity index (χ3n) is 5.20. The summed E-state index contributed by atoms with van der Waals surface area (Å²) in [5.74, 6) is 0.757. The zero-order valence-corrected chi connectivity index (χ0v) is 16.2. The van der Waals surface area contributed by atoms with E-state index in [0.717, 1.165) is 19.5 Å². The summed E-state index contributed by atoms with van der Waals surface area (Å²) in [5, 5.41) is 2.99. The molecule has 4 heteroatoms. The Labute approximate surface area is 161 Å². The van der Waals surface area contributed by atoms with Crippen molar-refractivity contribution in [2.24, 2.45) is 5.92 Å². The molecule has 2 aromatic carbocycles. The van der Waals surface area contributed by atoms with Gasteiger partial charge in [0.2, 0.25) is 5.91 Å². The molecule has 0 bridgehead atoms. The molecule has 0 spiro atoms. The maximum atomic E-state index is 12.3. The number of hydrogen-bond acceptors (Lipinski definition) is 2. The van der Waals surface area contributed by atoms with Gasteiger partial charge in [-0.1, -0.05) is 56.3 Å². The van der Waals surface area contributed by atoms with E-state index in [-0.39, 0.29) is 17.7 Å². The Morgan fingerprint density at radius 2 is 1.81 bits per heavy atom. The van der Waals surface area contributed by atoms with Crippen molar-refractivity contribution in [3.05, 3.63) is 71.3 Å². The van der Waals surface area contributed by atoms with Crippen molar-refractivity contribution >= 4 is 11.8 Å². The third kappa shape index (κ3) is 5.19. The SMILES string of the molecule is CC(C)c1ccc(C(=O)NCC2CC(=O)N(CCc3ccccc3)C2)cc1. The second-order valence-electron chi connectivity index (χ2n) is 7.63. The van der Waals surface area contributed by atoms with Crippen LogP contribution in [0.15, 0.2) is 54.6 Å². The average Bonchev–Trinajstić information content (AvgIpc) is 3.05. The Kier molecular flexibility index (Phi) is 6.28. The Morgan fingerprint density at radius 1 is 1.11 bits per heavy atom. The summed E-state index contributed by atoms with van der Waals surface area (Å²) < 4.78 is 0. The standard InChI is InChI=1S/C23H28N2O2/c1-17(2)20-8-10-21(11-9-20)23(27)24-15-19-14-22(26)25(16-19)13-12-18-6-4-3-5-7-18/h3-11,17,19H,12-16H2,1-2H3,(H,24,27). The van der Waals surface area contributed by atoms with Gasteiger partial charge in [0, 0.05) is 37.5 Å². The summed E-state index contributed by atoms with van der Waals surface area (Å²) in [6.45, 7) is 6.27. The maximum absolute atomic E-state index is 12.3. The highest BCUT2D eigenvalue weighted by Gasteiger charge is 2.29. The molecule has 4 nitrogen and oxygen atoms in total. The van der Waals surface area contributed by atoms with E-state index in [0.29, 0.717) is 24.4 Å². The number of hydrogen-bond donors (Lipinski definition) is 1. The lowest BCUT2D eigenvalue weighted by atomic mass is 10.0. The molecular weight excluding hydrogens is 336 g/mol. The monoisotopic (exact) mass is 364 g/mol. The minimum Gasteiger partial charge on any atom is -0.352 e. The highest BCUT2D eigenvalue weighted by atomic mass is 16.2. The molecule has 1 atom stereocenters. The number of amides is 2. The van der Waals surface area contributed by atoms with Crippen molar-refractivity contribution in [1.82, 2.24) is 10.2 Å². The van der Waals surface area contributed by atoms with Crippen molar-refractivity contribution in [3.63, 3.8) is 0 Å². The number of rotatable bonds is 7. The van der Waals surface area contributed by atoms with E-state index >= 15 is 0 Å². The van der Waals surface area contributed by atoms with Gasteiger partial charge in [-0.05, 0) is 35.6 Å². The fourth-order valence-electron chi connectivity index (χ4n) is 3.47. The Bertz CT molecular complexity index is 769. The molecule has 1 fully saturated rings. The van der Waals surface area contributed by atoms with Gasteiger partial charge in [-0.25, -0.2) is 0 Å². The van der Waals surface area contributed by atoms with Crippen LogP contribution in [0.4, 0.5) is 0 Å². The van der Waals surface area contributed by atoms with Crippen LogP contribution in [0, 0.1) is 5.92 Å². The minimum absolute atomic E-state index is 0.0690. The van der Waals surface area contributed by atoms with Crippen LogP contribution >= 0.6 is 0 Å².